The molecule has 0 spiro atoms. The molecule has 0 unspecified atom stereocenters. The van der Waals surface area contributed by atoms with Gasteiger partial charge in [-0.1, -0.05) is 24.3 Å². The van der Waals surface area contributed by atoms with Gasteiger partial charge in [-0.05, 0) is 95.7 Å². The van der Waals surface area contributed by atoms with Gasteiger partial charge in [0.25, 0.3) is 0 Å². The molecule has 0 saturated carbocycles. The van der Waals surface area contributed by atoms with E-state index in [-0.39, 0.29) is 5.82 Å². The van der Waals surface area contributed by atoms with E-state index >= 15 is 0 Å². The number of hydrogen-bond acceptors (Lipinski definition) is 5. The number of ether oxygens (including phenoxy) is 3. The highest BCUT2D eigenvalue weighted by molar-refractivity contribution is 5.69. The van der Waals surface area contributed by atoms with Crippen molar-refractivity contribution in [3.05, 3.63) is 65.5 Å². The second-order valence-electron chi connectivity index (χ2n) is 11.2. The average Bonchev–Trinajstić information content (AvgIpc) is 2.80. The Balaban J connectivity index is 1.52. The lowest BCUT2D eigenvalue weighted by atomic mass is 9.91. The van der Waals surface area contributed by atoms with Crippen molar-refractivity contribution in [2.75, 3.05) is 31.7 Å². The number of amides is 1. The SMILES string of the molecule is CN(CCCc1ccc(CCC2(NC(=O)OC(C)(C)C)COC(C)(C)OC2)cc1)c1ccc(F)cc1. The fraction of sp³-hybridized carbons (Fsp3) is 0.552. The van der Waals surface area contributed by atoms with Crippen LogP contribution in [0.2, 0.25) is 0 Å². The number of anilines is 1. The lowest BCUT2D eigenvalue weighted by molar-refractivity contribution is -0.271. The Bertz CT molecular complexity index is 974. The van der Waals surface area contributed by atoms with E-state index in [0.717, 1.165) is 31.5 Å². The van der Waals surface area contributed by atoms with Crippen LogP contribution in [0.4, 0.5) is 14.9 Å². The molecule has 0 atom stereocenters. The first-order valence-corrected chi connectivity index (χ1v) is 12.7. The third-order valence-electron chi connectivity index (χ3n) is 6.30. The van der Waals surface area contributed by atoms with Crippen LogP contribution in [0.15, 0.2) is 48.5 Å². The highest BCUT2D eigenvalue weighted by Crippen LogP contribution is 2.28. The molecule has 1 heterocycles. The van der Waals surface area contributed by atoms with Gasteiger partial charge >= 0.3 is 6.09 Å². The van der Waals surface area contributed by atoms with Crippen molar-refractivity contribution < 1.29 is 23.4 Å². The van der Waals surface area contributed by atoms with E-state index in [9.17, 15) is 9.18 Å². The van der Waals surface area contributed by atoms with Gasteiger partial charge in [0, 0.05) is 19.3 Å². The van der Waals surface area contributed by atoms with Crippen molar-refractivity contribution in [1.29, 1.82) is 0 Å². The van der Waals surface area contributed by atoms with Crippen LogP contribution in [0.1, 0.15) is 58.6 Å². The molecule has 0 bridgehead atoms. The van der Waals surface area contributed by atoms with Crippen molar-refractivity contribution in [2.45, 2.75) is 77.2 Å². The number of halogens is 1. The number of carbonyl (C=O) groups is 1. The molecule has 36 heavy (non-hydrogen) atoms. The molecule has 2 aromatic rings. The van der Waals surface area contributed by atoms with Crippen molar-refractivity contribution in [2.24, 2.45) is 0 Å². The van der Waals surface area contributed by atoms with Gasteiger partial charge in [0.15, 0.2) is 5.79 Å². The fourth-order valence-corrected chi connectivity index (χ4v) is 4.11. The monoisotopic (exact) mass is 500 g/mol. The normalized spacial score (nSPS) is 16.9. The number of carbonyl (C=O) groups excluding carboxylic acids is 1. The molecule has 0 radical (unpaired) electrons. The van der Waals surface area contributed by atoms with Crippen molar-refractivity contribution in [1.82, 2.24) is 5.32 Å². The second kappa shape index (κ2) is 11.6. The molecule has 1 aliphatic rings. The van der Waals surface area contributed by atoms with Gasteiger partial charge in [0.2, 0.25) is 0 Å². The first-order chi connectivity index (χ1) is 16.8. The minimum absolute atomic E-state index is 0.217. The summed E-state index contributed by atoms with van der Waals surface area (Å²) in [7, 11) is 2.03. The second-order valence-corrected chi connectivity index (χ2v) is 11.2. The minimum atomic E-state index is -0.675. The molecule has 198 valence electrons. The summed E-state index contributed by atoms with van der Waals surface area (Å²) in [5.41, 5.74) is 2.25. The third kappa shape index (κ3) is 8.79. The summed E-state index contributed by atoms with van der Waals surface area (Å²) in [6.45, 7) is 10.9. The smallest absolute Gasteiger partial charge is 0.408 e. The Labute approximate surface area is 215 Å². The summed E-state index contributed by atoms with van der Waals surface area (Å²) in [6, 6.07) is 15.2. The Morgan fingerprint density at radius 1 is 1.00 bits per heavy atom. The quantitative estimate of drug-likeness (QED) is 0.466. The van der Waals surface area contributed by atoms with Crippen LogP contribution in [0.3, 0.4) is 0 Å². The Morgan fingerprint density at radius 2 is 1.56 bits per heavy atom. The van der Waals surface area contributed by atoms with Crippen molar-refractivity contribution in [3.63, 3.8) is 0 Å². The average molecular weight is 501 g/mol. The lowest BCUT2D eigenvalue weighted by Gasteiger charge is -2.44. The molecular formula is C29H41FN2O4. The van der Waals surface area contributed by atoms with E-state index in [0.29, 0.717) is 19.6 Å². The largest absolute Gasteiger partial charge is 0.444 e. The summed E-state index contributed by atoms with van der Waals surface area (Å²) in [5, 5.41) is 3.03. The van der Waals surface area contributed by atoms with Crippen LogP contribution < -0.4 is 10.2 Å². The van der Waals surface area contributed by atoms with E-state index in [4.69, 9.17) is 14.2 Å². The molecule has 0 aliphatic carbocycles. The molecule has 2 aromatic carbocycles. The van der Waals surface area contributed by atoms with Gasteiger partial charge in [-0.2, -0.15) is 0 Å². The number of benzene rings is 2. The van der Waals surface area contributed by atoms with E-state index in [1.807, 2.05) is 41.7 Å². The van der Waals surface area contributed by atoms with Gasteiger partial charge in [0.05, 0.1) is 18.8 Å². The summed E-state index contributed by atoms with van der Waals surface area (Å²) in [6.07, 6.45) is 2.95. The highest BCUT2D eigenvalue weighted by Gasteiger charge is 2.41. The Hall–Kier alpha value is -2.64. The van der Waals surface area contributed by atoms with Crippen LogP contribution in [-0.2, 0) is 27.1 Å². The van der Waals surface area contributed by atoms with E-state index in [1.165, 1.54) is 23.3 Å². The zero-order chi connectivity index (χ0) is 26.4. The number of hydrogen-bond donors (Lipinski definition) is 1. The maximum atomic E-state index is 13.1. The number of nitrogens with one attached hydrogen (secondary N) is 1. The molecular weight excluding hydrogens is 459 g/mol. The van der Waals surface area contributed by atoms with E-state index in [2.05, 4.69) is 34.5 Å². The van der Waals surface area contributed by atoms with Crippen LogP contribution in [0, 0.1) is 5.82 Å². The number of aryl methyl sites for hydroxylation is 2. The number of rotatable bonds is 9. The van der Waals surface area contributed by atoms with Crippen molar-refractivity contribution in [3.8, 4) is 0 Å². The predicted octanol–water partition coefficient (Wildman–Crippen LogP) is 5.87. The van der Waals surface area contributed by atoms with E-state index in [1.54, 1.807) is 12.1 Å². The topological polar surface area (TPSA) is 60.0 Å². The summed E-state index contributed by atoms with van der Waals surface area (Å²) < 4.78 is 30.4. The van der Waals surface area contributed by atoms with Crippen molar-refractivity contribution >= 4 is 11.8 Å². The fourth-order valence-electron chi connectivity index (χ4n) is 4.11. The third-order valence-corrected chi connectivity index (χ3v) is 6.30. The van der Waals surface area contributed by atoms with Gasteiger partial charge in [-0.25, -0.2) is 9.18 Å². The van der Waals surface area contributed by atoms with Crippen LogP contribution in [0.25, 0.3) is 0 Å². The Kier molecular flexibility index (Phi) is 9.01. The van der Waals surface area contributed by atoms with Crippen LogP contribution in [0.5, 0.6) is 0 Å². The lowest BCUT2D eigenvalue weighted by Crippen LogP contribution is -2.61. The first-order valence-electron chi connectivity index (χ1n) is 12.7. The summed E-state index contributed by atoms with van der Waals surface area (Å²) in [5.74, 6) is -0.892. The van der Waals surface area contributed by atoms with Crippen LogP contribution >= 0.6 is 0 Å². The zero-order valence-corrected chi connectivity index (χ0v) is 22.5. The molecule has 1 N–H and O–H groups in total. The molecule has 1 aliphatic heterocycles. The zero-order valence-electron chi connectivity index (χ0n) is 22.5. The maximum Gasteiger partial charge on any atom is 0.408 e. The minimum Gasteiger partial charge on any atom is -0.444 e. The standard InChI is InChI=1S/C29H41FN2O4/c1-27(2,3)36-26(33)31-29(20-34-28(4,5)35-21-29)18-17-23-11-9-22(10-12-23)8-7-19-32(6)25-15-13-24(30)14-16-25/h9-16H,7-8,17-21H2,1-6H3,(H,31,33). The van der Waals surface area contributed by atoms with Gasteiger partial charge < -0.3 is 24.4 Å². The molecule has 7 heteroatoms. The molecule has 0 aromatic heterocycles. The van der Waals surface area contributed by atoms with Gasteiger partial charge in [-0.15, -0.1) is 0 Å². The predicted molar refractivity (Wildman–Crippen MR) is 141 cm³/mol. The van der Waals surface area contributed by atoms with Gasteiger partial charge in [-0.3, -0.25) is 0 Å². The Morgan fingerprint density at radius 3 is 2.11 bits per heavy atom. The molecule has 1 fully saturated rings. The molecule has 1 saturated heterocycles. The molecule has 1 amide bonds. The number of nitrogens with zero attached hydrogens (tertiary/aromatic N) is 1. The summed E-state index contributed by atoms with van der Waals surface area (Å²) >= 11 is 0. The highest BCUT2D eigenvalue weighted by atomic mass is 19.1. The molecule has 6 nitrogen and oxygen atoms in total. The first kappa shape index (κ1) is 27.9. The number of alkyl carbamates (subject to hydrolysis) is 1. The van der Waals surface area contributed by atoms with E-state index < -0.39 is 23.0 Å². The van der Waals surface area contributed by atoms with Gasteiger partial charge in [0.1, 0.15) is 11.4 Å². The summed E-state index contributed by atoms with van der Waals surface area (Å²) in [4.78, 5) is 14.7. The van der Waals surface area contributed by atoms with Crippen LogP contribution in [-0.4, -0.2) is 49.8 Å². The maximum absolute atomic E-state index is 13.1. The molecule has 3 rings (SSSR count).